The molecule has 0 aromatic heterocycles. The Morgan fingerprint density at radius 2 is 2.13 bits per heavy atom. The monoisotopic (exact) mass is 321 g/mol. The molecule has 2 aliphatic rings. The highest BCUT2D eigenvalue weighted by molar-refractivity contribution is 5.82. The molecule has 0 bridgehead atoms. The summed E-state index contributed by atoms with van der Waals surface area (Å²) in [6.07, 6.45) is 6.07. The first-order chi connectivity index (χ1) is 11.2. The second kappa shape index (κ2) is 7.30. The third kappa shape index (κ3) is 3.66. The summed E-state index contributed by atoms with van der Waals surface area (Å²) >= 11 is 0. The van der Waals surface area contributed by atoms with Crippen molar-refractivity contribution < 1.29 is 19.0 Å². The van der Waals surface area contributed by atoms with Crippen LogP contribution >= 0.6 is 0 Å². The van der Waals surface area contributed by atoms with Gasteiger partial charge in [-0.2, -0.15) is 0 Å². The number of benzene rings is 1. The van der Waals surface area contributed by atoms with Crippen LogP contribution in [0.2, 0.25) is 0 Å². The number of carbonyl (C=O) groups excluding carboxylic acids is 1. The molecule has 2 unspecified atom stereocenters. The molecule has 23 heavy (non-hydrogen) atoms. The first kappa shape index (κ1) is 16.2. The summed E-state index contributed by atoms with van der Waals surface area (Å²) < 4.78 is 19.2. The Morgan fingerprint density at radius 1 is 1.35 bits per heavy atom. The van der Waals surface area contributed by atoms with Crippen LogP contribution in [0.15, 0.2) is 18.2 Å². The van der Waals surface area contributed by atoms with Crippen LogP contribution in [-0.4, -0.2) is 29.8 Å². The number of halogens is 1. The number of ether oxygens (including phenoxy) is 1. The Kier molecular flexibility index (Phi) is 5.16. The van der Waals surface area contributed by atoms with Crippen LogP contribution in [-0.2, 0) is 11.2 Å². The molecule has 1 aliphatic heterocycles. The smallest absolute Gasteiger partial charge is 0.261 e. The maximum atomic E-state index is 13.7. The van der Waals surface area contributed by atoms with E-state index in [2.05, 4.69) is 5.32 Å². The van der Waals surface area contributed by atoms with Crippen molar-refractivity contribution in [3.63, 3.8) is 0 Å². The van der Waals surface area contributed by atoms with Crippen molar-refractivity contribution in [2.75, 3.05) is 6.61 Å². The van der Waals surface area contributed by atoms with Crippen molar-refractivity contribution in [1.82, 2.24) is 5.32 Å². The fraction of sp³-hybridized carbons (Fsp3) is 0.611. The fourth-order valence-electron chi connectivity index (χ4n) is 3.75. The minimum atomic E-state index is -0.674. The van der Waals surface area contributed by atoms with Gasteiger partial charge in [0.25, 0.3) is 5.91 Å². The highest BCUT2D eigenvalue weighted by atomic mass is 19.1. The van der Waals surface area contributed by atoms with Gasteiger partial charge in [-0.15, -0.1) is 0 Å². The molecular weight excluding hydrogens is 297 g/mol. The molecule has 126 valence electrons. The zero-order valence-electron chi connectivity index (χ0n) is 13.3. The molecule has 0 radical (unpaired) electrons. The zero-order chi connectivity index (χ0) is 16.2. The number of fused-ring (bicyclic) bond motifs is 1. The van der Waals surface area contributed by atoms with Crippen molar-refractivity contribution in [1.29, 1.82) is 0 Å². The van der Waals surface area contributed by atoms with Gasteiger partial charge in [0.15, 0.2) is 17.7 Å². The molecule has 3 rings (SSSR count). The van der Waals surface area contributed by atoms with Crippen LogP contribution in [0.5, 0.6) is 5.75 Å². The number of aliphatic hydroxyl groups excluding tert-OH is 1. The van der Waals surface area contributed by atoms with Crippen molar-refractivity contribution in [3.8, 4) is 5.75 Å². The maximum absolute atomic E-state index is 13.7. The Labute approximate surface area is 136 Å². The number of aliphatic hydroxyl groups is 1. The summed E-state index contributed by atoms with van der Waals surface area (Å²) in [5.74, 6) is -0.00833. The molecule has 1 heterocycles. The van der Waals surface area contributed by atoms with E-state index < -0.39 is 11.9 Å². The Morgan fingerprint density at radius 3 is 2.83 bits per heavy atom. The van der Waals surface area contributed by atoms with E-state index in [1.165, 1.54) is 25.3 Å². The molecule has 1 saturated carbocycles. The lowest BCUT2D eigenvalue weighted by Crippen LogP contribution is -2.47. The molecule has 0 spiro atoms. The first-order valence-corrected chi connectivity index (χ1v) is 8.54. The van der Waals surface area contributed by atoms with Crippen LogP contribution in [0.3, 0.4) is 0 Å². The van der Waals surface area contributed by atoms with E-state index in [1.54, 1.807) is 12.1 Å². The lowest BCUT2D eigenvalue weighted by atomic mass is 9.82. The van der Waals surface area contributed by atoms with Gasteiger partial charge in [0.05, 0.1) is 0 Å². The predicted molar refractivity (Wildman–Crippen MR) is 84.7 cm³/mol. The average Bonchev–Trinajstić information content (AvgIpc) is 3.01. The predicted octanol–water partition coefficient (Wildman–Crippen LogP) is 2.58. The number of para-hydroxylation sites is 1. The van der Waals surface area contributed by atoms with Gasteiger partial charge in [-0.25, -0.2) is 4.39 Å². The summed E-state index contributed by atoms with van der Waals surface area (Å²) in [5.41, 5.74) is 0.738. The second-order valence-corrected chi connectivity index (χ2v) is 6.56. The van der Waals surface area contributed by atoms with Crippen molar-refractivity contribution in [3.05, 3.63) is 29.6 Å². The Balaban J connectivity index is 1.62. The van der Waals surface area contributed by atoms with Crippen molar-refractivity contribution in [2.24, 2.45) is 5.92 Å². The van der Waals surface area contributed by atoms with Crippen molar-refractivity contribution >= 4 is 5.91 Å². The van der Waals surface area contributed by atoms with E-state index in [-0.39, 0.29) is 24.3 Å². The van der Waals surface area contributed by atoms with Gasteiger partial charge in [-0.05, 0) is 31.2 Å². The summed E-state index contributed by atoms with van der Waals surface area (Å²) in [7, 11) is 0. The lowest BCUT2D eigenvalue weighted by molar-refractivity contribution is -0.128. The van der Waals surface area contributed by atoms with E-state index in [1.807, 2.05) is 0 Å². The van der Waals surface area contributed by atoms with Crippen molar-refractivity contribution in [2.45, 2.75) is 57.1 Å². The molecule has 1 amide bonds. The molecule has 1 fully saturated rings. The number of carbonyl (C=O) groups is 1. The molecule has 2 N–H and O–H groups in total. The van der Waals surface area contributed by atoms with Crippen LogP contribution in [0, 0.1) is 11.7 Å². The van der Waals surface area contributed by atoms with Crippen LogP contribution in [0.4, 0.5) is 4.39 Å². The van der Waals surface area contributed by atoms with E-state index >= 15 is 0 Å². The maximum Gasteiger partial charge on any atom is 0.261 e. The third-order valence-corrected chi connectivity index (χ3v) is 4.99. The Hall–Kier alpha value is -1.62. The van der Waals surface area contributed by atoms with Gasteiger partial charge in [-0.1, -0.05) is 31.4 Å². The summed E-state index contributed by atoms with van der Waals surface area (Å²) in [5, 5.41) is 12.3. The fourth-order valence-corrected chi connectivity index (χ4v) is 3.75. The number of hydrogen-bond donors (Lipinski definition) is 2. The molecule has 4 nitrogen and oxygen atoms in total. The van der Waals surface area contributed by atoms with Crippen LogP contribution < -0.4 is 10.1 Å². The van der Waals surface area contributed by atoms with E-state index in [4.69, 9.17) is 4.74 Å². The number of hydrogen-bond acceptors (Lipinski definition) is 3. The largest absolute Gasteiger partial charge is 0.477 e. The van der Waals surface area contributed by atoms with Gasteiger partial charge >= 0.3 is 0 Å². The van der Waals surface area contributed by atoms with Gasteiger partial charge in [0, 0.05) is 24.6 Å². The molecule has 2 atom stereocenters. The molecule has 1 aromatic rings. The SMILES string of the molecule is O=C(NC(CCO)C1CCCCC1)C1Cc2cccc(F)c2O1. The minimum Gasteiger partial charge on any atom is -0.477 e. The molecule has 1 aliphatic carbocycles. The van der Waals surface area contributed by atoms with E-state index in [9.17, 15) is 14.3 Å². The number of rotatable bonds is 5. The molecule has 0 saturated heterocycles. The number of nitrogens with one attached hydrogen (secondary N) is 1. The summed E-state index contributed by atoms with van der Waals surface area (Å²) in [6, 6.07) is 4.74. The molecule has 1 aromatic carbocycles. The van der Waals surface area contributed by atoms with Gasteiger partial charge in [0.1, 0.15) is 0 Å². The average molecular weight is 321 g/mol. The topological polar surface area (TPSA) is 58.6 Å². The Bertz CT molecular complexity index is 557. The minimum absolute atomic E-state index is 0.0232. The number of amides is 1. The highest BCUT2D eigenvalue weighted by Gasteiger charge is 2.33. The molecule has 5 heteroatoms. The summed E-state index contributed by atoms with van der Waals surface area (Å²) in [6.45, 7) is 0.0574. The van der Waals surface area contributed by atoms with Gasteiger partial charge in [0.2, 0.25) is 0 Å². The van der Waals surface area contributed by atoms with Gasteiger partial charge < -0.3 is 15.2 Å². The third-order valence-electron chi connectivity index (χ3n) is 4.99. The van der Waals surface area contributed by atoms with Crippen LogP contribution in [0.25, 0.3) is 0 Å². The first-order valence-electron chi connectivity index (χ1n) is 8.54. The van der Waals surface area contributed by atoms with E-state index in [0.717, 1.165) is 18.4 Å². The van der Waals surface area contributed by atoms with Crippen LogP contribution in [0.1, 0.15) is 44.1 Å². The zero-order valence-corrected chi connectivity index (χ0v) is 13.3. The highest BCUT2D eigenvalue weighted by Crippen LogP contribution is 2.32. The second-order valence-electron chi connectivity index (χ2n) is 6.56. The lowest BCUT2D eigenvalue weighted by Gasteiger charge is -2.31. The van der Waals surface area contributed by atoms with E-state index in [0.29, 0.717) is 18.8 Å². The van der Waals surface area contributed by atoms with Gasteiger partial charge in [-0.3, -0.25) is 4.79 Å². The standard InChI is InChI=1S/C18H24FNO3/c19-14-8-4-7-13-11-16(23-17(13)14)18(22)20-15(9-10-21)12-5-2-1-3-6-12/h4,7-8,12,15-16,21H,1-3,5-6,9-11H2,(H,20,22). The quantitative estimate of drug-likeness (QED) is 0.876. The molecular formula is C18H24FNO3. The normalized spacial score (nSPS) is 22.3. The summed E-state index contributed by atoms with van der Waals surface area (Å²) in [4.78, 5) is 12.5.